The van der Waals surface area contributed by atoms with Crippen molar-refractivity contribution in [3.8, 4) is 0 Å². The van der Waals surface area contributed by atoms with Crippen molar-refractivity contribution in [1.29, 1.82) is 0 Å². The second kappa shape index (κ2) is 11.3. The number of aliphatic hydroxyl groups is 1. The minimum atomic E-state index is 0. The molecule has 0 saturated heterocycles. The molecule has 1 atom stereocenters. The Morgan fingerprint density at radius 1 is 0.960 bits per heavy atom. The molecule has 0 spiro atoms. The molecule has 0 aromatic rings. The van der Waals surface area contributed by atoms with E-state index in [9.17, 15) is 5.11 Å². The van der Waals surface area contributed by atoms with E-state index in [-0.39, 0.29) is 61.8 Å². The molecule has 0 fully saturated rings. The average Bonchev–Trinajstić information content (AvgIpc) is 2.71. The van der Waals surface area contributed by atoms with Crippen LogP contribution in [0.25, 0.3) is 0 Å². The zero-order chi connectivity index (χ0) is 17.3. The molecule has 1 nitrogen and oxygen atoms in total. The van der Waals surface area contributed by atoms with Gasteiger partial charge < -0.3 is 5.11 Å². The zero-order valence-electron chi connectivity index (χ0n) is 17.2. The molecule has 142 valence electrons. The van der Waals surface area contributed by atoms with Crippen molar-refractivity contribution in [3.05, 3.63) is 45.4 Å². The molecule has 1 N–H and O–H groups in total. The van der Waals surface area contributed by atoms with Crippen LogP contribution in [0.15, 0.2) is 33.2 Å². The molecule has 0 aromatic heterocycles. The molecule has 0 amide bonds. The third kappa shape index (κ3) is 6.83. The maximum Gasteiger partial charge on any atom is 2.00 e. The van der Waals surface area contributed by atoms with Gasteiger partial charge in [0.15, 0.2) is 0 Å². The third-order valence-electron chi connectivity index (χ3n) is 5.31. The van der Waals surface area contributed by atoms with Crippen LogP contribution < -0.4 is 0 Å². The van der Waals surface area contributed by atoms with Crippen LogP contribution in [0, 0.1) is 23.0 Å². The Balaban J connectivity index is -0.000000350. The molecule has 0 heterocycles. The number of halogens is 2. The van der Waals surface area contributed by atoms with Crippen LogP contribution in [0.3, 0.4) is 0 Å². The van der Waals surface area contributed by atoms with Gasteiger partial charge in [-0.1, -0.05) is 72.1 Å². The molecule has 1 unspecified atom stereocenters. The average molecular weight is 481 g/mol. The van der Waals surface area contributed by atoms with E-state index in [1.54, 1.807) is 0 Å². The largest absolute Gasteiger partial charge is 2.00 e. The van der Waals surface area contributed by atoms with Gasteiger partial charge in [-0.25, -0.2) is 10.8 Å². The summed E-state index contributed by atoms with van der Waals surface area (Å²) < 4.78 is 0. The van der Waals surface area contributed by atoms with E-state index in [1.165, 1.54) is 16.7 Å². The van der Waals surface area contributed by atoms with Crippen molar-refractivity contribution in [1.82, 2.24) is 0 Å². The topological polar surface area (TPSA) is 20.2 Å². The monoisotopic (exact) mass is 478 g/mol. The van der Waals surface area contributed by atoms with E-state index in [2.05, 4.69) is 60.6 Å². The summed E-state index contributed by atoms with van der Waals surface area (Å²) in [5.74, 6) is 0.512. The fraction of sp³-hybridized carbons (Fsp3) is 0.600. The molecule has 25 heavy (non-hydrogen) atoms. The predicted octanol–water partition coefficient (Wildman–Crippen LogP) is 5.64. The summed E-state index contributed by atoms with van der Waals surface area (Å²) in [5, 5.41) is 10.7. The Kier molecular flexibility index (Phi) is 13.7. The Hall–Kier alpha value is 0.440. The molecular formula is C20H34Cl2OSiZr. The minimum Gasteiger partial charge on any atom is -0.593 e. The summed E-state index contributed by atoms with van der Waals surface area (Å²) >= 11 is 0. The van der Waals surface area contributed by atoms with Gasteiger partial charge in [0.25, 0.3) is 0 Å². The van der Waals surface area contributed by atoms with Crippen molar-refractivity contribution in [2.24, 2.45) is 10.8 Å². The van der Waals surface area contributed by atoms with E-state index in [4.69, 9.17) is 0 Å². The van der Waals surface area contributed by atoms with E-state index >= 15 is 0 Å². The van der Waals surface area contributed by atoms with E-state index in [0.29, 0.717) is 5.76 Å². The molecule has 2 aliphatic carbocycles. The maximum absolute atomic E-state index is 9.64. The van der Waals surface area contributed by atoms with Crippen molar-refractivity contribution in [3.63, 3.8) is 0 Å². The third-order valence-corrected chi connectivity index (χ3v) is 6.04. The van der Waals surface area contributed by atoms with Gasteiger partial charge >= 0.3 is 26.2 Å². The number of rotatable bonds is 2. The quantitative estimate of drug-likeness (QED) is 0.400. The summed E-state index contributed by atoms with van der Waals surface area (Å²) in [7, 11) is 0.901. The summed E-state index contributed by atoms with van der Waals surface area (Å²) in [6.45, 7) is 17.3. The van der Waals surface area contributed by atoms with Crippen LogP contribution in [-0.2, 0) is 26.2 Å². The fourth-order valence-corrected chi connectivity index (χ4v) is 4.19. The first-order chi connectivity index (χ1) is 9.96. The fourth-order valence-electron chi connectivity index (χ4n) is 3.27. The molecular weight excluding hydrogens is 446 g/mol. The first-order valence-electron chi connectivity index (χ1n) is 8.28. The second-order valence-electron chi connectivity index (χ2n) is 7.43. The normalized spacial score (nSPS) is 23.7. The van der Waals surface area contributed by atoms with E-state index < -0.39 is 0 Å². The van der Waals surface area contributed by atoms with E-state index in [1.807, 2.05) is 6.92 Å². The molecule has 2 rings (SSSR count). The van der Waals surface area contributed by atoms with Gasteiger partial charge in [-0.05, 0) is 5.76 Å². The first kappa shape index (κ1) is 30.2. The van der Waals surface area contributed by atoms with Gasteiger partial charge in [0, 0.05) is 10.2 Å². The van der Waals surface area contributed by atoms with Crippen LogP contribution in [0.2, 0.25) is 0 Å². The predicted molar refractivity (Wildman–Crippen MR) is 114 cm³/mol. The first-order valence-corrected chi connectivity index (χ1v) is 9.28. The van der Waals surface area contributed by atoms with Crippen LogP contribution in [0.1, 0.15) is 68.2 Å². The molecule has 0 saturated carbocycles. The van der Waals surface area contributed by atoms with Gasteiger partial charge in [-0.3, -0.25) is 12.2 Å². The summed E-state index contributed by atoms with van der Waals surface area (Å²) in [5.41, 5.74) is 5.52. The van der Waals surface area contributed by atoms with Crippen LogP contribution in [-0.4, -0.2) is 15.3 Å². The van der Waals surface area contributed by atoms with Gasteiger partial charge in [0.2, 0.25) is 0 Å². The van der Waals surface area contributed by atoms with Crippen molar-refractivity contribution < 1.29 is 31.3 Å². The standard InChI is InChI=1S/C10H17OSi.C10H15.2ClH.Zr/c1-4-5-10(3)6-8(12)9(11)7(10)2;1-7-6-10(4,5)9(3)8(7)2;;;/h11H,4-5H2,1-3,12H3;1-5H3;2*1H;/q2*-1;;;+2. The number of aliphatic hydroxyl groups excluding tert-OH is 1. The van der Waals surface area contributed by atoms with E-state index in [0.717, 1.165) is 33.9 Å². The number of hydrogen-bond donors (Lipinski definition) is 1. The van der Waals surface area contributed by atoms with Crippen molar-refractivity contribution >= 4 is 35.1 Å². The van der Waals surface area contributed by atoms with Crippen LogP contribution in [0.5, 0.6) is 0 Å². The number of allylic oxidation sites excluding steroid dienone is 7. The molecule has 5 heteroatoms. The molecule has 0 radical (unpaired) electrons. The van der Waals surface area contributed by atoms with Crippen LogP contribution in [0.4, 0.5) is 0 Å². The molecule has 0 aliphatic heterocycles. The molecule has 2 aliphatic rings. The molecule has 0 bridgehead atoms. The Morgan fingerprint density at radius 3 is 1.64 bits per heavy atom. The van der Waals surface area contributed by atoms with Crippen LogP contribution >= 0.6 is 24.8 Å². The Labute approximate surface area is 189 Å². The van der Waals surface area contributed by atoms with Gasteiger partial charge in [-0.15, -0.1) is 37.3 Å². The SMILES string of the molecule is CC1=[C-]C(C)(C)C(C)=C1C.CCCC1(C)[C-]=C([SiH3])C(O)=C1C.Cl.Cl.[Zr+2]. The van der Waals surface area contributed by atoms with Crippen molar-refractivity contribution in [2.45, 2.75) is 68.2 Å². The molecule has 0 aromatic carbocycles. The van der Waals surface area contributed by atoms with Gasteiger partial charge in [0.1, 0.15) is 0 Å². The minimum absolute atomic E-state index is 0. The zero-order valence-corrected chi connectivity index (χ0v) is 23.3. The van der Waals surface area contributed by atoms with Gasteiger partial charge in [-0.2, -0.15) is 11.1 Å². The maximum atomic E-state index is 9.64. The second-order valence-corrected chi connectivity index (χ2v) is 8.43. The van der Waals surface area contributed by atoms with Crippen molar-refractivity contribution in [2.75, 3.05) is 0 Å². The summed E-state index contributed by atoms with van der Waals surface area (Å²) in [4.78, 5) is 0. The number of hydrogen-bond acceptors (Lipinski definition) is 1. The Bertz CT molecular complexity index is 589. The smallest absolute Gasteiger partial charge is 0.593 e. The summed E-state index contributed by atoms with van der Waals surface area (Å²) in [6, 6.07) is 0. The summed E-state index contributed by atoms with van der Waals surface area (Å²) in [6.07, 6.45) is 9.05. The van der Waals surface area contributed by atoms with Gasteiger partial charge in [0.05, 0.1) is 0 Å². The Morgan fingerprint density at radius 2 is 1.44 bits per heavy atom.